The van der Waals surface area contributed by atoms with Crippen LogP contribution in [0.15, 0.2) is 60.7 Å². The highest BCUT2D eigenvalue weighted by molar-refractivity contribution is 5.81. The van der Waals surface area contributed by atoms with Crippen molar-refractivity contribution in [3.05, 3.63) is 71.8 Å². The molecule has 0 spiro atoms. The van der Waals surface area contributed by atoms with Gasteiger partial charge in [0, 0.05) is 0 Å². The Morgan fingerprint density at radius 1 is 0.889 bits per heavy atom. The van der Waals surface area contributed by atoms with Gasteiger partial charge in [-0.2, -0.15) is 0 Å². The predicted molar refractivity (Wildman–Crippen MR) is 145 cm³/mol. The van der Waals surface area contributed by atoms with Crippen LogP contribution in [-0.2, 0) is 20.7 Å². The maximum Gasteiger partial charge on any atom is 0.310 e. The lowest BCUT2D eigenvalue weighted by Crippen LogP contribution is -2.35. The fraction of sp³-hybridized carbons (Fsp3) is 0.484. The molecule has 0 saturated heterocycles. The van der Waals surface area contributed by atoms with Crippen LogP contribution in [0, 0.1) is 11.8 Å². The van der Waals surface area contributed by atoms with Crippen molar-refractivity contribution in [2.45, 2.75) is 77.7 Å². The van der Waals surface area contributed by atoms with Gasteiger partial charge in [-0.3, -0.25) is 9.59 Å². The lowest BCUT2D eigenvalue weighted by atomic mass is 9.84. The van der Waals surface area contributed by atoms with Gasteiger partial charge in [0.15, 0.2) is 0 Å². The highest BCUT2D eigenvalue weighted by Gasteiger charge is 2.35. The molecular weight excluding hydrogens is 452 g/mol. The van der Waals surface area contributed by atoms with Crippen LogP contribution in [0.5, 0.6) is 5.75 Å². The molecule has 5 heteroatoms. The minimum Gasteiger partial charge on any atom is -0.497 e. The molecule has 5 nitrogen and oxygen atoms in total. The van der Waals surface area contributed by atoms with Gasteiger partial charge in [0.25, 0.3) is 0 Å². The summed E-state index contributed by atoms with van der Waals surface area (Å²) >= 11 is 0. The summed E-state index contributed by atoms with van der Waals surface area (Å²) in [6.07, 6.45) is 10.7. The number of carbonyl (C=O) groups is 2. The number of methoxy groups -OCH3 is 1. The summed E-state index contributed by atoms with van der Waals surface area (Å²) in [5.41, 5.74) is 1.64. The van der Waals surface area contributed by atoms with Crippen LogP contribution in [0.1, 0.15) is 76.8 Å². The van der Waals surface area contributed by atoms with Crippen LogP contribution in [0.2, 0.25) is 0 Å². The van der Waals surface area contributed by atoms with Gasteiger partial charge < -0.3 is 14.6 Å². The molecule has 0 heterocycles. The molecule has 36 heavy (non-hydrogen) atoms. The number of hydrogen-bond donors (Lipinski definition) is 1. The molecule has 0 fully saturated rings. The van der Waals surface area contributed by atoms with Crippen LogP contribution < -0.4 is 4.74 Å². The van der Waals surface area contributed by atoms with Gasteiger partial charge in [0.1, 0.15) is 11.4 Å². The van der Waals surface area contributed by atoms with Crippen molar-refractivity contribution in [1.82, 2.24) is 0 Å². The summed E-state index contributed by atoms with van der Waals surface area (Å²) in [6, 6.07) is 18.0. The molecule has 1 N–H and O–H groups in total. The number of esters is 1. The Balaban J connectivity index is 1.93. The van der Waals surface area contributed by atoms with E-state index in [1.807, 2.05) is 42.5 Å². The normalized spacial score (nSPS) is 13.3. The largest absolute Gasteiger partial charge is 0.497 e. The fourth-order valence-corrected chi connectivity index (χ4v) is 4.23. The Morgan fingerprint density at radius 3 is 2.14 bits per heavy atom. The zero-order valence-electron chi connectivity index (χ0n) is 22.2. The van der Waals surface area contributed by atoms with Gasteiger partial charge in [-0.25, -0.2) is 0 Å². The van der Waals surface area contributed by atoms with E-state index in [0.717, 1.165) is 49.8 Å². The summed E-state index contributed by atoms with van der Waals surface area (Å²) in [5.74, 6) is -2.12. The molecule has 2 rings (SSSR count). The molecule has 0 unspecified atom stereocenters. The monoisotopic (exact) mass is 494 g/mol. The molecule has 0 bridgehead atoms. The lowest BCUT2D eigenvalue weighted by molar-refractivity contribution is -0.166. The number of benzene rings is 2. The van der Waals surface area contributed by atoms with Crippen molar-refractivity contribution in [3.63, 3.8) is 0 Å². The minimum absolute atomic E-state index is 0.314. The number of aryl methyl sites for hydroxylation is 1. The maximum atomic E-state index is 13.0. The number of carbonyl (C=O) groups excluding carboxylic acids is 1. The summed E-state index contributed by atoms with van der Waals surface area (Å²) < 4.78 is 10.8. The summed E-state index contributed by atoms with van der Waals surface area (Å²) in [4.78, 5) is 25.2. The maximum absolute atomic E-state index is 13.0. The van der Waals surface area contributed by atoms with E-state index < -0.39 is 29.4 Å². The first-order chi connectivity index (χ1) is 17.2. The van der Waals surface area contributed by atoms with Crippen molar-refractivity contribution >= 4 is 18.0 Å². The van der Waals surface area contributed by atoms with Crippen LogP contribution in [0.3, 0.4) is 0 Å². The molecule has 0 saturated carbocycles. The van der Waals surface area contributed by atoms with Crippen molar-refractivity contribution in [1.29, 1.82) is 0 Å². The number of unbranched alkanes of at least 4 members (excludes halogenated alkanes) is 4. The highest BCUT2D eigenvalue weighted by atomic mass is 16.6. The van der Waals surface area contributed by atoms with Crippen molar-refractivity contribution in [2.24, 2.45) is 11.8 Å². The predicted octanol–water partition coefficient (Wildman–Crippen LogP) is 7.34. The SMILES string of the molecule is COc1ccc(/C=C/C[C@H](C(=O)OC(C)(C)C)[C@@H](CCCCCCCc2ccccc2)C(=O)O)cc1. The second kappa shape index (κ2) is 15.1. The molecule has 0 aliphatic rings. The van der Waals surface area contributed by atoms with E-state index in [1.165, 1.54) is 5.56 Å². The smallest absolute Gasteiger partial charge is 0.310 e. The van der Waals surface area contributed by atoms with Crippen LogP contribution in [0.4, 0.5) is 0 Å². The zero-order valence-corrected chi connectivity index (χ0v) is 22.2. The third kappa shape index (κ3) is 11.1. The third-order valence-corrected chi connectivity index (χ3v) is 6.15. The first-order valence-electron chi connectivity index (χ1n) is 13.0. The number of aliphatic carboxylic acids is 1. The second-order valence-corrected chi connectivity index (χ2v) is 10.3. The van der Waals surface area contributed by atoms with Gasteiger partial charge in [-0.15, -0.1) is 0 Å². The highest BCUT2D eigenvalue weighted by Crippen LogP contribution is 2.27. The number of allylic oxidation sites excluding steroid dienone is 1. The van der Waals surface area contributed by atoms with Crippen LogP contribution in [-0.4, -0.2) is 29.8 Å². The standard InChI is InChI=1S/C31H42O5/c1-31(2,3)36-30(34)28(19-13-17-25-20-22-26(35-4)23-21-25)27(29(32)33)18-12-7-5-6-9-14-24-15-10-8-11-16-24/h8,10-11,13,15-17,20-23,27-28H,5-7,9,12,14,18-19H2,1-4H3,(H,32,33)/b17-13+/t27-,28+/m1/s1. The van der Waals surface area contributed by atoms with E-state index in [2.05, 4.69) is 24.3 Å². The summed E-state index contributed by atoms with van der Waals surface area (Å²) in [5, 5.41) is 9.99. The van der Waals surface area contributed by atoms with Gasteiger partial charge in [0.2, 0.25) is 0 Å². The van der Waals surface area contributed by atoms with E-state index >= 15 is 0 Å². The van der Waals surface area contributed by atoms with Gasteiger partial charge in [-0.05, 0) is 69.7 Å². The van der Waals surface area contributed by atoms with Gasteiger partial charge in [0.05, 0.1) is 18.9 Å². The fourth-order valence-electron chi connectivity index (χ4n) is 4.23. The van der Waals surface area contributed by atoms with Crippen molar-refractivity contribution in [3.8, 4) is 5.75 Å². The van der Waals surface area contributed by atoms with E-state index in [9.17, 15) is 14.7 Å². The molecule has 2 atom stereocenters. The Kier molecular flexibility index (Phi) is 12.2. The van der Waals surface area contributed by atoms with Gasteiger partial charge >= 0.3 is 11.9 Å². The first-order valence-corrected chi connectivity index (χ1v) is 13.0. The molecule has 0 amide bonds. The third-order valence-electron chi connectivity index (χ3n) is 6.15. The Hall–Kier alpha value is -3.08. The van der Waals surface area contributed by atoms with E-state index in [4.69, 9.17) is 9.47 Å². The zero-order chi connectivity index (χ0) is 26.4. The topological polar surface area (TPSA) is 72.8 Å². The Labute approximate surface area is 216 Å². The Morgan fingerprint density at radius 2 is 1.53 bits per heavy atom. The first kappa shape index (κ1) is 29.2. The van der Waals surface area contributed by atoms with E-state index in [-0.39, 0.29) is 0 Å². The van der Waals surface area contributed by atoms with Gasteiger partial charge in [-0.1, -0.05) is 80.3 Å². The molecule has 0 aliphatic heterocycles. The quantitative estimate of drug-likeness (QED) is 0.207. The van der Waals surface area contributed by atoms with Crippen molar-refractivity contribution < 1.29 is 24.2 Å². The molecule has 0 radical (unpaired) electrons. The van der Waals surface area contributed by atoms with E-state index in [0.29, 0.717) is 12.8 Å². The Bertz CT molecular complexity index is 941. The molecule has 196 valence electrons. The summed E-state index contributed by atoms with van der Waals surface area (Å²) in [7, 11) is 1.62. The summed E-state index contributed by atoms with van der Waals surface area (Å²) in [6.45, 7) is 5.42. The molecule has 0 aromatic heterocycles. The number of carboxylic acid groups (broad SMARTS) is 1. The second-order valence-electron chi connectivity index (χ2n) is 10.3. The number of rotatable bonds is 15. The van der Waals surface area contributed by atoms with Crippen LogP contribution >= 0.6 is 0 Å². The average Bonchev–Trinajstić information content (AvgIpc) is 2.84. The molecule has 2 aromatic rings. The number of hydrogen-bond acceptors (Lipinski definition) is 4. The van der Waals surface area contributed by atoms with E-state index in [1.54, 1.807) is 27.9 Å². The average molecular weight is 495 g/mol. The molecule has 0 aliphatic carbocycles. The molecular formula is C31H42O5. The number of carboxylic acids is 1. The molecule has 2 aromatic carbocycles. The van der Waals surface area contributed by atoms with Crippen molar-refractivity contribution in [2.75, 3.05) is 7.11 Å². The number of ether oxygens (including phenoxy) is 2. The van der Waals surface area contributed by atoms with Crippen LogP contribution in [0.25, 0.3) is 6.08 Å². The lowest BCUT2D eigenvalue weighted by Gasteiger charge is -2.27. The minimum atomic E-state index is -0.937.